The lowest BCUT2D eigenvalue weighted by molar-refractivity contribution is -0.140. The molecule has 0 unspecified atom stereocenters. The molecule has 0 saturated carbocycles. The van der Waals surface area contributed by atoms with Crippen LogP contribution in [0.1, 0.15) is 50.3 Å². The van der Waals surface area contributed by atoms with E-state index >= 15 is 0 Å². The minimum Gasteiger partial charge on any atom is -0.493 e. The lowest BCUT2D eigenvalue weighted by Gasteiger charge is -2.34. The third-order valence-corrected chi connectivity index (χ3v) is 9.32. The molecule has 232 valence electrons. The van der Waals surface area contributed by atoms with Crippen LogP contribution < -0.4 is 19.1 Å². The molecule has 43 heavy (non-hydrogen) atoms. The van der Waals surface area contributed by atoms with Crippen molar-refractivity contribution < 1.29 is 27.5 Å². The maximum absolute atomic E-state index is 14.3. The van der Waals surface area contributed by atoms with E-state index in [9.17, 15) is 18.0 Å². The molecule has 1 N–H and O–H groups in total. The molecule has 3 aromatic rings. The molecule has 2 amide bonds. The summed E-state index contributed by atoms with van der Waals surface area (Å²) in [5, 5.41) is 3.00. The largest absolute Gasteiger partial charge is 0.493 e. The third-order valence-electron chi connectivity index (χ3n) is 7.53. The Kier molecular flexibility index (Phi) is 11.6. The zero-order chi connectivity index (χ0) is 31.7. The second-order valence-corrected chi connectivity index (χ2v) is 12.4. The summed E-state index contributed by atoms with van der Waals surface area (Å²) < 4.78 is 40.1. The van der Waals surface area contributed by atoms with Crippen molar-refractivity contribution in [2.24, 2.45) is 0 Å². The predicted molar refractivity (Wildman–Crippen MR) is 169 cm³/mol. The quantitative estimate of drug-likeness (QED) is 0.268. The van der Waals surface area contributed by atoms with Gasteiger partial charge in [-0.05, 0) is 69.0 Å². The number of methoxy groups -OCH3 is 2. The summed E-state index contributed by atoms with van der Waals surface area (Å²) in [5.74, 6) is -0.0652. The maximum Gasteiger partial charge on any atom is 0.264 e. The van der Waals surface area contributed by atoms with Crippen LogP contribution in [0.3, 0.4) is 0 Å². The highest BCUT2D eigenvalue weighted by Crippen LogP contribution is 2.34. The van der Waals surface area contributed by atoms with E-state index in [0.717, 1.165) is 27.4 Å². The molecule has 10 heteroatoms. The van der Waals surface area contributed by atoms with E-state index < -0.39 is 28.5 Å². The number of rotatable bonds is 14. The Balaban J connectivity index is 2.13. The zero-order valence-corrected chi connectivity index (χ0v) is 26.9. The fourth-order valence-corrected chi connectivity index (χ4v) is 6.08. The summed E-state index contributed by atoms with van der Waals surface area (Å²) in [6.07, 6.45) is 1.08. The van der Waals surface area contributed by atoms with Crippen LogP contribution in [0.5, 0.6) is 11.5 Å². The molecule has 0 fully saturated rings. The van der Waals surface area contributed by atoms with E-state index in [1.807, 2.05) is 58.9 Å². The van der Waals surface area contributed by atoms with Crippen LogP contribution in [-0.4, -0.2) is 58.0 Å². The molecule has 9 nitrogen and oxygen atoms in total. The highest BCUT2D eigenvalue weighted by atomic mass is 32.2. The molecule has 0 heterocycles. The number of carbonyl (C=O) groups is 2. The average molecular weight is 610 g/mol. The van der Waals surface area contributed by atoms with Crippen LogP contribution in [0.25, 0.3) is 0 Å². The predicted octanol–water partition coefficient (Wildman–Crippen LogP) is 5.24. The Morgan fingerprint density at radius 3 is 2.12 bits per heavy atom. The Bertz CT molecular complexity index is 1510. The first kappa shape index (κ1) is 33.5. The number of hydrogen-bond acceptors (Lipinski definition) is 6. The summed E-state index contributed by atoms with van der Waals surface area (Å²) in [6, 6.07) is 17.9. The SMILES string of the molecule is CC[C@H](C)NC(=O)[C@H](CC)N(Cc1ccccc1C)C(=O)CN(c1ccc(OC)c(OC)c1)S(=O)(=O)c1ccc(C)cc1. The van der Waals surface area contributed by atoms with Gasteiger partial charge in [0.2, 0.25) is 11.8 Å². The summed E-state index contributed by atoms with van der Waals surface area (Å²) >= 11 is 0. The van der Waals surface area contributed by atoms with E-state index in [4.69, 9.17) is 9.47 Å². The van der Waals surface area contributed by atoms with Crippen molar-refractivity contribution in [3.8, 4) is 11.5 Å². The van der Waals surface area contributed by atoms with Crippen LogP contribution in [0, 0.1) is 13.8 Å². The Hall–Kier alpha value is -4.05. The number of benzene rings is 3. The molecule has 0 aliphatic rings. The van der Waals surface area contributed by atoms with E-state index in [-0.39, 0.29) is 29.1 Å². The molecular weight excluding hydrogens is 566 g/mol. The summed E-state index contributed by atoms with van der Waals surface area (Å²) in [6.45, 7) is 9.13. The van der Waals surface area contributed by atoms with Crippen molar-refractivity contribution in [2.75, 3.05) is 25.1 Å². The van der Waals surface area contributed by atoms with Crippen molar-refractivity contribution in [1.82, 2.24) is 10.2 Å². The first-order chi connectivity index (χ1) is 20.5. The minimum absolute atomic E-state index is 0.0349. The van der Waals surface area contributed by atoms with Gasteiger partial charge >= 0.3 is 0 Å². The Labute approximate surface area is 255 Å². The minimum atomic E-state index is -4.21. The number of nitrogens with zero attached hydrogens (tertiary/aromatic N) is 2. The third kappa shape index (κ3) is 8.07. The van der Waals surface area contributed by atoms with E-state index in [1.54, 1.807) is 24.3 Å². The van der Waals surface area contributed by atoms with Crippen LogP contribution in [-0.2, 0) is 26.2 Å². The number of nitrogens with one attached hydrogen (secondary N) is 1. The first-order valence-electron chi connectivity index (χ1n) is 14.4. The molecule has 2 atom stereocenters. The van der Waals surface area contributed by atoms with Gasteiger partial charge in [0, 0.05) is 18.7 Å². The highest BCUT2D eigenvalue weighted by molar-refractivity contribution is 7.92. The normalized spacial score (nSPS) is 12.6. The molecule has 0 radical (unpaired) electrons. The molecule has 0 bridgehead atoms. The molecular formula is C33H43N3O6S. The Morgan fingerprint density at radius 2 is 1.53 bits per heavy atom. The monoisotopic (exact) mass is 609 g/mol. The summed E-state index contributed by atoms with van der Waals surface area (Å²) in [7, 11) is -1.27. The van der Waals surface area contributed by atoms with Crippen LogP contribution >= 0.6 is 0 Å². The highest BCUT2D eigenvalue weighted by Gasteiger charge is 2.34. The fourth-order valence-electron chi connectivity index (χ4n) is 4.68. The second kappa shape index (κ2) is 14.9. The van der Waals surface area contributed by atoms with Gasteiger partial charge in [-0.1, -0.05) is 55.8 Å². The lowest BCUT2D eigenvalue weighted by atomic mass is 10.1. The molecule has 0 aliphatic carbocycles. The van der Waals surface area contributed by atoms with Crippen LogP contribution in [0.2, 0.25) is 0 Å². The zero-order valence-electron chi connectivity index (χ0n) is 26.1. The molecule has 0 aliphatic heterocycles. The number of sulfonamides is 1. The molecule has 3 rings (SSSR count). The topological polar surface area (TPSA) is 105 Å². The van der Waals surface area contributed by atoms with Gasteiger partial charge < -0.3 is 19.7 Å². The molecule has 0 aromatic heterocycles. The van der Waals surface area contributed by atoms with Crippen LogP contribution in [0.15, 0.2) is 71.6 Å². The van der Waals surface area contributed by atoms with Gasteiger partial charge in [-0.3, -0.25) is 13.9 Å². The number of hydrogen-bond donors (Lipinski definition) is 1. The first-order valence-corrected chi connectivity index (χ1v) is 15.9. The number of aryl methyl sites for hydroxylation is 2. The van der Waals surface area contributed by atoms with Gasteiger partial charge in [0.1, 0.15) is 12.6 Å². The van der Waals surface area contributed by atoms with Crippen molar-refractivity contribution in [3.05, 3.63) is 83.4 Å². The second-order valence-electron chi connectivity index (χ2n) is 10.6. The standard InChI is InChI=1S/C33H43N3O6S/c1-8-25(5)34-33(38)29(9-2)35(21-26-13-11-10-12-24(26)4)32(37)22-36(27-16-19-30(41-6)31(20-27)42-7)43(39,40)28-17-14-23(3)15-18-28/h10-20,25,29H,8-9,21-22H2,1-7H3,(H,34,38)/t25-,29-/m0/s1. The van der Waals surface area contributed by atoms with Crippen molar-refractivity contribution in [1.29, 1.82) is 0 Å². The van der Waals surface area contributed by atoms with E-state index in [0.29, 0.717) is 17.9 Å². The van der Waals surface area contributed by atoms with Crippen molar-refractivity contribution >= 4 is 27.5 Å². The van der Waals surface area contributed by atoms with Gasteiger partial charge in [-0.2, -0.15) is 0 Å². The van der Waals surface area contributed by atoms with Gasteiger partial charge in [-0.25, -0.2) is 8.42 Å². The van der Waals surface area contributed by atoms with E-state index in [2.05, 4.69) is 5.32 Å². The number of carbonyl (C=O) groups excluding carboxylic acids is 2. The summed E-state index contributed by atoms with van der Waals surface area (Å²) in [4.78, 5) is 29.3. The van der Waals surface area contributed by atoms with Gasteiger partial charge in [-0.15, -0.1) is 0 Å². The molecule has 0 saturated heterocycles. The lowest BCUT2D eigenvalue weighted by Crippen LogP contribution is -2.53. The fraction of sp³-hybridized carbons (Fsp3) is 0.394. The van der Waals surface area contributed by atoms with Crippen molar-refractivity contribution in [3.63, 3.8) is 0 Å². The van der Waals surface area contributed by atoms with Gasteiger partial charge in [0.25, 0.3) is 10.0 Å². The number of ether oxygens (including phenoxy) is 2. The smallest absolute Gasteiger partial charge is 0.264 e. The molecule has 0 spiro atoms. The van der Waals surface area contributed by atoms with Gasteiger partial charge in [0.05, 0.1) is 24.8 Å². The van der Waals surface area contributed by atoms with Crippen LogP contribution in [0.4, 0.5) is 5.69 Å². The Morgan fingerprint density at radius 1 is 0.884 bits per heavy atom. The summed E-state index contributed by atoms with van der Waals surface area (Å²) in [5.41, 5.74) is 2.95. The number of anilines is 1. The number of amides is 2. The van der Waals surface area contributed by atoms with E-state index in [1.165, 1.54) is 37.3 Å². The maximum atomic E-state index is 14.3. The average Bonchev–Trinajstić information content (AvgIpc) is 3.00. The van der Waals surface area contributed by atoms with Gasteiger partial charge in [0.15, 0.2) is 11.5 Å². The van der Waals surface area contributed by atoms with Crippen molar-refractivity contribution in [2.45, 2.75) is 71.0 Å². The molecule has 3 aromatic carbocycles.